The van der Waals surface area contributed by atoms with E-state index in [0.717, 1.165) is 32.0 Å². The average molecular weight is 397 g/mol. The van der Waals surface area contributed by atoms with E-state index in [0.29, 0.717) is 16.2 Å². The van der Waals surface area contributed by atoms with Crippen molar-refractivity contribution >= 4 is 46.0 Å². The molecule has 0 unspecified atom stereocenters. The van der Waals surface area contributed by atoms with Crippen LogP contribution in [0.4, 0.5) is 5.69 Å². The lowest BCUT2D eigenvalue weighted by Gasteiger charge is -2.35. The Morgan fingerprint density at radius 1 is 1.28 bits per heavy atom. The van der Waals surface area contributed by atoms with E-state index in [1.165, 1.54) is 4.88 Å². The van der Waals surface area contributed by atoms with E-state index in [1.807, 2.05) is 24.3 Å². The summed E-state index contributed by atoms with van der Waals surface area (Å²) in [5, 5.41) is 10.1. The van der Waals surface area contributed by atoms with Gasteiger partial charge in [0.25, 0.3) is 0 Å². The van der Waals surface area contributed by atoms with Gasteiger partial charge in [-0.25, -0.2) is 0 Å². The van der Waals surface area contributed by atoms with Crippen LogP contribution in [0, 0.1) is 0 Å². The molecule has 3 rings (SSSR count). The fourth-order valence-electron chi connectivity index (χ4n) is 3.24. The third-order valence-electron chi connectivity index (χ3n) is 4.37. The lowest BCUT2D eigenvalue weighted by atomic mass is 10.1. The number of benzene rings is 1. The Bertz CT molecular complexity index is 689. The highest BCUT2D eigenvalue weighted by Gasteiger charge is 2.32. The number of rotatable bonds is 5. The van der Waals surface area contributed by atoms with Crippen LogP contribution in [0.5, 0.6) is 0 Å². The smallest absolute Gasteiger partial charge is 0.171 e. The maximum absolute atomic E-state index is 6.04. The Labute approximate surface area is 163 Å². The highest BCUT2D eigenvalue weighted by molar-refractivity contribution is 7.80. The second kappa shape index (κ2) is 8.96. The van der Waals surface area contributed by atoms with Crippen molar-refractivity contribution in [3.63, 3.8) is 0 Å². The number of quaternary nitrogens is 1. The largest absolute Gasteiger partial charge is 0.370 e. The quantitative estimate of drug-likeness (QED) is 0.679. The number of thiocarbonyl (C=S) groups is 1. The molecular weight excluding hydrogens is 374 g/mol. The molecule has 7 heteroatoms. The molecule has 1 fully saturated rings. The lowest BCUT2D eigenvalue weighted by molar-refractivity contribution is -0.939. The van der Waals surface area contributed by atoms with Crippen molar-refractivity contribution in [2.24, 2.45) is 0 Å². The summed E-state index contributed by atoms with van der Waals surface area (Å²) in [4.78, 5) is 2.92. The first kappa shape index (κ1) is 18.6. The second-order valence-corrected chi connectivity index (χ2v) is 7.99. The monoisotopic (exact) mass is 396 g/mol. The Balaban J connectivity index is 1.67. The van der Waals surface area contributed by atoms with E-state index in [-0.39, 0.29) is 6.04 Å². The highest BCUT2D eigenvalue weighted by atomic mass is 35.5. The van der Waals surface area contributed by atoms with E-state index in [1.54, 1.807) is 16.2 Å². The summed E-state index contributed by atoms with van der Waals surface area (Å²) >= 11 is 13.3. The molecule has 1 aliphatic rings. The van der Waals surface area contributed by atoms with Gasteiger partial charge in [-0.2, -0.15) is 0 Å². The predicted molar refractivity (Wildman–Crippen MR) is 109 cm³/mol. The molecule has 2 heterocycles. The number of nitrogens with one attached hydrogen (secondary N) is 3. The molecule has 3 N–H and O–H groups in total. The molecule has 0 spiro atoms. The number of hydrogen-bond donors (Lipinski definition) is 3. The molecule has 0 saturated carbocycles. The standard InChI is InChI=1S/C18H22ClN3OS2/c1-13(20-18(24)21-15-5-2-4-14(19)12-15)17(16-6-3-11-25-16)22-7-9-23-10-8-22/h2-6,11-13,17H,7-10H2,1H3,(H2,20,21,24)/p+1/t13-,17-/m0/s1. The van der Waals surface area contributed by atoms with Gasteiger partial charge in [0, 0.05) is 10.7 Å². The molecule has 25 heavy (non-hydrogen) atoms. The Morgan fingerprint density at radius 3 is 2.76 bits per heavy atom. The fraction of sp³-hybridized carbons (Fsp3) is 0.389. The normalized spacial score (nSPS) is 17.7. The lowest BCUT2D eigenvalue weighted by Crippen LogP contribution is -3.15. The summed E-state index contributed by atoms with van der Waals surface area (Å²) in [6.45, 7) is 5.86. The minimum atomic E-state index is 0.200. The molecule has 0 radical (unpaired) electrons. The first-order chi connectivity index (χ1) is 12.1. The van der Waals surface area contributed by atoms with Crippen molar-refractivity contribution < 1.29 is 9.64 Å². The van der Waals surface area contributed by atoms with Crippen molar-refractivity contribution in [1.29, 1.82) is 0 Å². The average Bonchev–Trinajstić information content (AvgIpc) is 3.10. The van der Waals surface area contributed by atoms with Gasteiger partial charge in [0.05, 0.1) is 24.1 Å². The summed E-state index contributed by atoms with van der Waals surface area (Å²) in [7, 11) is 0. The summed E-state index contributed by atoms with van der Waals surface area (Å²) < 4.78 is 5.53. The molecule has 134 valence electrons. The molecule has 2 aromatic rings. The molecule has 1 aromatic heterocycles. The third kappa shape index (κ3) is 5.15. The molecule has 4 nitrogen and oxygen atoms in total. The molecule has 1 aromatic carbocycles. The molecule has 2 atom stereocenters. The van der Waals surface area contributed by atoms with E-state index < -0.39 is 0 Å². The summed E-state index contributed by atoms with van der Waals surface area (Å²) in [6, 6.07) is 12.4. The first-order valence-electron chi connectivity index (χ1n) is 8.42. The van der Waals surface area contributed by atoms with Crippen molar-refractivity contribution in [3.8, 4) is 0 Å². The molecule has 0 amide bonds. The van der Waals surface area contributed by atoms with Gasteiger partial charge in [-0.05, 0) is 48.8 Å². The minimum Gasteiger partial charge on any atom is -0.370 e. The van der Waals surface area contributed by atoms with Gasteiger partial charge in [0.1, 0.15) is 19.1 Å². The van der Waals surface area contributed by atoms with Crippen LogP contribution in [0.1, 0.15) is 17.8 Å². The molecule has 1 aliphatic heterocycles. The Morgan fingerprint density at radius 2 is 2.08 bits per heavy atom. The van der Waals surface area contributed by atoms with Crippen LogP contribution in [0.15, 0.2) is 41.8 Å². The maximum Gasteiger partial charge on any atom is 0.171 e. The maximum atomic E-state index is 6.04. The zero-order valence-corrected chi connectivity index (χ0v) is 16.5. The van der Waals surface area contributed by atoms with E-state index in [2.05, 4.69) is 35.1 Å². The topological polar surface area (TPSA) is 37.7 Å². The number of ether oxygens (including phenoxy) is 1. The first-order valence-corrected chi connectivity index (χ1v) is 10.1. The number of anilines is 1. The van der Waals surface area contributed by atoms with Crippen LogP contribution in [0.25, 0.3) is 0 Å². The van der Waals surface area contributed by atoms with Crippen LogP contribution >= 0.6 is 35.2 Å². The SMILES string of the molecule is C[C@H](NC(=S)Nc1cccc(Cl)c1)[C@@H](c1cccs1)[NH+]1CCOCC1. The van der Waals surface area contributed by atoms with Gasteiger partial charge in [-0.1, -0.05) is 23.7 Å². The van der Waals surface area contributed by atoms with Crippen molar-refractivity contribution in [3.05, 3.63) is 51.7 Å². The number of morpholine rings is 1. The van der Waals surface area contributed by atoms with Gasteiger partial charge in [-0.15, -0.1) is 11.3 Å². The zero-order chi connectivity index (χ0) is 17.6. The number of hydrogen-bond acceptors (Lipinski definition) is 3. The van der Waals surface area contributed by atoms with Crippen LogP contribution in [-0.2, 0) is 4.74 Å². The molecular formula is C18H23ClN3OS2+. The fourth-order valence-corrected chi connectivity index (χ4v) is 4.72. The van der Waals surface area contributed by atoms with Gasteiger partial charge in [0.2, 0.25) is 0 Å². The van der Waals surface area contributed by atoms with Crippen LogP contribution < -0.4 is 15.5 Å². The molecule has 0 aliphatic carbocycles. The van der Waals surface area contributed by atoms with Crippen molar-refractivity contribution in [2.75, 3.05) is 31.6 Å². The van der Waals surface area contributed by atoms with E-state index >= 15 is 0 Å². The molecule has 1 saturated heterocycles. The minimum absolute atomic E-state index is 0.200. The van der Waals surface area contributed by atoms with Crippen LogP contribution in [0.3, 0.4) is 0 Å². The Hall–Kier alpha value is -1.18. The highest BCUT2D eigenvalue weighted by Crippen LogP contribution is 2.20. The van der Waals surface area contributed by atoms with E-state index in [9.17, 15) is 0 Å². The van der Waals surface area contributed by atoms with E-state index in [4.69, 9.17) is 28.6 Å². The molecule has 0 bridgehead atoms. The van der Waals surface area contributed by atoms with Crippen molar-refractivity contribution in [1.82, 2.24) is 5.32 Å². The van der Waals surface area contributed by atoms with Crippen LogP contribution in [0.2, 0.25) is 5.02 Å². The summed E-state index contributed by atoms with van der Waals surface area (Å²) in [5.41, 5.74) is 0.892. The van der Waals surface area contributed by atoms with Gasteiger partial charge < -0.3 is 20.3 Å². The van der Waals surface area contributed by atoms with Gasteiger partial charge in [-0.3, -0.25) is 0 Å². The summed E-state index contributed by atoms with van der Waals surface area (Å²) in [6.07, 6.45) is 0. The Kier molecular flexibility index (Phi) is 6.67. The second-order valence-electron chi connectivity index (χ2n) is 6.16. The zero-order valence-electron chi connectivity index (χ0n) is 14.1. The summed E-state index contributed by atoms with van der Waals surface area (Å²) in [5.74, 6) is 0. The predicted octanol–water partition coefficient (Wildman–Crippen LogP) is 2.73. The van der Waals surface area contributed by atoms with Crippen LogP contribution in [-0.4, -0.2) is 37.5 Å². The van der Waals surface area contributed by atoms with Gasteiger partial charge in [0.15, 0.2) is 5.11 Å². The van der Waals surface area contributed by atoms with Gasteiger partial charge >= 0.3 is 0 Å². The third-order valence-corrected chi connectivity index (χ3v) is 5.78. The van der Waals surface area contributed by atoms with Crippen molar-refractivity contribution in [2.45, 2.75) is 19.0 Å². The number of halogens is 1. The number of thiophene rings is 1.